The number of aromatic nitrogens is 1. The smallest absolute Gasteiger partial charge is 0.480 e. The van der Waals surface area contributed by atoms with Crippen LogP contribution in [0.15, 0.2) is 36.5 Å². The van der Waals surface area contributed by atoms with Crippen molar-refractivity contribution in [3.63, 3.8) is 0 Å². The molecule has 1 fully saturated rings. The van der Waals surface area contributed by atoms with Crippen LogP contribution in [0.2, 0.25) is 0 Å². The Bertz CT molecular complexity index is 1110. The Kier molecular flexibility index (Phi) is 5.07. The Labute approximate surface area is 179 Å². The fourth-order valence-electron chi connectivity index (χ4n) is 3.70. The topological polar surface area (TPSA) is 144 Å². The second-order valence-corrected chi connectivity index (χ2v) is 7.44. The minimum Gasteiger partial charge on any atom is -0.480 e. The number of fused-ring (bicyclic) bond motifs is 1. The van der Waals surface area contributed by atoms with Crippen molar-refractivity contribution in [1.82, 2.24) is 15.2 Å². The summed E-state index contributed by atoms with van der Waals surface area (Å²) in [4.78, 5) is 41.5. The molecule has 1 saturated heterocycles. The van der Waals surface area contributed by atoms with E-state index in [0.717, 1.165) is 0 Å². The summed E-state index contributed by atoms with van der Waals surface area (Å²) in [5, 5.41) is 12.1. The summed E-state index contributed by atoms with van der Waals surface area (Å²) in [6.45, 7) is 1.55. The molecular weight excluding hydrogens is 430 g/mol. The van der Waals surface area contributed by atoms with Gasteiger partial charge in [-0.3, -0.25) is 4.79 Å². The molecule has 0 saturated carbocycles. The number of aliphatic carboxylic acids is 1. The van der Waals surface area contributed by atoms with Crippen LogP contribution in [-0.4, -0.2) is 45.2 Å². The fraction of sp³-hybridized carbons (Fsp3) is 0.300. The van der Waals surface area contributed by atoms with Gasteiger partial charge < -0.3 is 25.6 Å². The van der Waals surface area contributed by atoms with Crippen molar-refractivity contribution >= 4 is 23.7 Å². The quantitative estimate of drug-likeness (QED) is 0.589. The standard InChI is InChI=1S/C20H18F2N4O6/c1-9(11-2-3-13-14(8-11)32-20(21,22)31-13)25-19(30)26-16(18(28)29)12(17(26)27)6-10-4-5-24-15(23)7-10/h2-5,7-9,12,16H,6H2,1H3,(H2,23,24)(H,25,30)(H,28,29)/t9-,12?,16+/m1/s1. The van der Waals surface area contributed by atoms with Crippen LogP contribution in [0, 0.1) is 5.92 Å². The lowest BCUT2D eigenvalue weighted by Gasteiger charge is -2.43. The maximum Gasteiger partial charge on any atom is 0.586 e. The van der Waals surface area contributed by atoms with Crippen LogP contribution >= 0.6 is 0 Å². The molecule has 0 spiro atoms. The number of ether oxygens (including phenoxy) is 2. The van der Waals surface area contributed by atoms with Crippen molar-refractivity contribution < 1.29 is 37.7 Å². The van der Waals surface area contributed by atoms with E-state index in [1.165, 1.54) is 30.5 Å². The van der Waals surface area contributed by atoms with Gasteiger partial charge in [0.2, 0.25) is 5.91 Å². The van der Waals surface area contributed by atoms with Gasteiger partial charge in [0.25, 0.3) is 0 Å². The first-order chi connectivity index (χ1) is 15.1. The third kappa shape index (κ3) is 3.86. The number of anilines is 1. The zero-order valence-electron chi connectivity index (χ0n) is 16.6. The number of pyridine rings is 1. The summed E-state index contributed by atoms with van der Waals surface area (Å²) in [5.41, 5.74) is 6.62. The number of carbonyl (C=O) groups is 3. The summed E-state index contributed by atoms with van der Waals surface area (Å²) in [6, 6.07) is 4.09. The highest BCUT2D eigenvalue weighted by molar-refractivity contribution is 6.07. The van der Waals surface area contributed by atoms with Gasteiger partial charge in [0.05, 0.1) is 12.0 Å². The molecule has 10 nitrogen and oxygen atoms in total. The predicted octanol–water partition coefficient (Wildman–Crippen LogP) is 1.91. The molecule has 0 bridgehead atoms. The largest absolute Gasteiger partial charge is 0.586 e. The van der Waals surface area contributed by atoms with E-state index in [0.29, 0.717) is 16.0 Å². The van der Waals surface area contributed by atoms with Crippen LogP contribution in [0.25, 0.3) is 0 Å². The fourth-order valence-corrected chi connectivity index (χ4v) is 3.70. The normalized spacial score (nSPS) is 21.6. The molecule has 0 radical (unpaired) electrons. The number of β-lactam (4-membered cyclic amide) rings is 1. The predicted molar refractivity (Wildman–Crippen MR) is 104 cm³/mol. The molecule has 4 rings (SSSR count). The van der Waals surface area contributed by atoms with Gasteiger partial charge in [-0.2, -0.15) is 0 Å². The summed E-state index contributed by atoms with van der Waals surface area (Å²) in [7, 11) is 0. The maximum absolute atomic E-state index is 13.2. The number of alkyl halides is 2. The average Bonchev–Trinajstić information content (AvgIpc) is 3.02. The van der Waals surface area contributed by atoms with E-state index in [4.69, 9.17) is 5.73 Å². The number of carboxylic acids is 1. The van der Waals surface area contributed by atoms with Gasteiger partial charge in [0, 0.05) is 6.20 Å². The number of nitrogen functional groups attached to an aromatic ring is 1. The number of benzene rings is 1. The molecule has 2 aromatic rings. The Morgan fingerprint density at radius 1 is 1.28 bits per heavy atom. The second-order valence-electron chi connectivity index (χ2n) is 7.44. The molecule has 168 valence electrons. The minimum atomic E-state index is -3.78. The van der Waals surface area contributed by atoms with Crippen LogP contribution in [0.4, 0.5) is 19.4 Å². The van der Waals surface area contributed by atoms with Crippen molar-refractivity contribution in [3.8, 4) is 11.5 Å². The molecule has 3 atom stereocenters. The van der Waals surface area contributed by atoms with Crippen LogP contribution in [0.1, 0.15) is 24.1 Å². The first-order valence-electron chi connectivity index (χ1n) is 9.52. The van der Waals surface area contributed by atoms with E-state index >= 15 is 0 Å². The Morgan fingerprint density at radius 2 is 2.00 bits per heavy atom. The molecule has 1 unspecified atom stereocenters. The molecule has 32 heavy (non-hydrogen) atoms. The summed E-state index contributed by atoms with van der Waals surface area (Å²) < 4.78 is 35.1. The number of carbonyl (C=O) groups excluding carboxylic acids is 2. The van der Waals surface area contributed by atoms with E-state index < -0.39 is 42.2 Å². The number of halogens is 2. The second kappa shape index (κ2) is 7.62. The highest BCUT2D eigenvalue weighted by atomic mass is 19.3. The molecule has 1 aromatic heterocycles. The SMILES string of the molecule is C[C@@H](NC(=O)N1C(=O)C(Cc2ccnc(N)c2)[C@H]1C(=O)O)c1ccc2c(c1)OC(F)(F)O2. The Morgan fingerprint density at radius 3 is 2.69 bits per heavy atom. The zero-order valence-corrected chi connectivity index (χ0v) is 16.6. The molecule has 3 amide bonds. The number of amides is 3. The van der Waals surface area contributed by atoms with Crippen LogP contribution < -0.4 is 20.5 Å². The molecular formula is C20H18F2N4O6. The van der Waals surface area contributed by atoms with Gasteiger partial charge in [0.15, 0.2) is 17.5 Å². The monoisotopic (exact) mass is 448 g/mol. The lowest BCUT2D eigenvalue weighted by atomic mass is 9.82. The summed E-state index contributed by atoms with van der Waals surface area (Å²) >= 11 is 0. The minimum absolute atomic E-state index is 0.0816. The van der Waals surface area contributed by atoms with Gasteiger partial charge in [0.1, 0.15) is 5.82 Å². The summed E-state index contributed by atoms with van der Waals surface area (Å²) in [5.74, 6) is -3.05. The maximum atomic E-state index is 13.2. The highest BCUT2D eigenvalue weighted by Gasteiger charge is 2.54. The van der Waals surface area contributed by atoms with E-state index in [2.05, 4.69) is 19.8 Å². The van der Waals surface area contributed by atoms with Crippen molar-refractivity contribution in [1.29, 1.82) is 0 Å². The third-order valence-electron chi connectivity index (χ3n) is 5.25. The van der Waals surface area contributed by atoms with Crippen molar-refractivity contribution in [2.45, 2.75) is 31.7 Å². The van der Waals surface area contributed by atoms with Crippen LogP contribution in [-0.2, 0) is 16.0 Å². The molecule has 12 heteroatoms. The first-order valence-corrected chi connectivity index (χ1v) is 9.52. The number of imide groups is 1. The Hall–Kier alpha value is -3.96. The lowest BCUT2D eigenvalue weighted by Crippen LogP contribution is -2.68. The molecule has 1 aromatic carbocycles. The molecule has 0 aliphatic carbocycles. The van der Waals surface area contributed by atoms with E-state index in [-0.39, 0.29) is 23.7 Å². The van der Waals surface area contributed by atoms with Gasteiger partial charge in [-0.1, -0.05) is 6.07 Å². The van der Waals surface area contributed by atoms with E-state index in [1.807, 2.05) is 0 Å². The van der Waals surface area contributed by atoms with Crippen LogP contribution in [0.5, 0.6) is 11.5 Å². The number of rotatable bonds is 5. The lowest BCUT2D eigenvalue weighted by molar-refractivity contribution is -0.286. The third-order valence-corrected chi connectivity index (χ3v) is 5.25. The summed E-state index contributed by atoms with van der Waals surface area (Å²) in [6.07, 6.45) is -2.25. The number of carboxylic acid groups (broad SMARTS) is 1. The highest BCUT2D eigenvalue weighted by Crippen LogP contribution is 2.42. The van der Waals surface area contributed by atoms with Crippen molar-refractivity contribution in [2.75, 3.05) is 5.73 Å². The number of hydrogen-bond donors (Lipinski definition) is 3. The van der Waals surface area contributed by atoms with Gasteiger partial charge in [-0.05, 0) is 48.7 Å². The van der Waals surface area contributed by atoms with Gasteiger partial charge >= 0.3 is 18.3 Å². The van der Waals surface area contributed by atoms with Crippen LogP contribution in [0.3, 0.4) is 0 Å². The molecule has 2 aliphatic rings. The van der Waals surface area contributed by atoms with E-state index in [9.17, 15) is 28.3 Å². The number of nitrogens with zero attached hydrogens (tertiary/aromatic N) is 2. The van der Waals surface area contributed by atoms with Gasteiger partial charge in [-0.15, -0.1) is 8.78 Å². The molecule has 3 heterocycles. The average molecular weight is 448 g/mol. The Balaban J connectivity index is 1.45. The van der Waals surface area contributed by atoms with E-state index in [1.54, 1.807) is 13.0 Å². The number of nitrogens with two attached hydrogens (primary N) is 1. The molecule has 2 aliphatic heterocycles. The number of hydrogen-bond acceptors (Lipinski definition) is 7. The molecule has 4 N–H and O–H groups in total. The number of likely N-dealkylation sites (tertiary alicyclic amines) is 1. The van der Waals surface area contributed by atoms with Crippen molar-refractivity contribution in [2.24, 2.45) is 5.92 Å². The number of urea groups is 1. The number of nitrogens with one attached hydrogen (secondary N) is 1. The first kappa shape index (κ1) is 21.3. The van der Waals surface area contributed by atoms with Crippen molar-refractivity contribution in [3.05, 3.63) is 47.7 Å². The zero-order chi connectivity index (χ0) is 23.2. The van der Waals surface area contributed by atoms with Gasteiger partial charge in [-0.25, -0.2) is 19.5 Å².